The van der Waals surface area contributed by atoms with E-state index in [9.17, 15) is 0 Å². The summed E-state index contributed by atoms with van der Waals surface area (Å²) >= 11 is 0. The van der Waals surface area contributed by atoms with Gasteiger partial charge in [-0.05, 0) is 30.3 Å². The fourth-order valence-electron chi connectivity index (χ4n) is 2.69. The van der Waals surface area contributed by atoms with Crippen molar-refractivity contribution in [2.45, 2.75) is 32.4 Å². The van der Waals surface area contributed by atoms with E-state index in [1.165, 1.54) is 0 Å². The van der Waals surface area contributed by atoms with Crippen molar-refractivity contribution in [2.24, 2.45) is 0 Å². The molecule has 0 amide bonds. The number of hydrogen-bond donors (Lipinski definition) is 0. The Morgan fingerprint density at radius 2 is 1.89 bits per heavy atom. The van der Waals surface area contributed by atoms with Gasteiger partial charge >= 0.3 is 0 Å². The molecule has 0 saturated carbocycles. The highest BCUT2D eigenvalue weighted by Crippen LogP contribution is 2.29. The highest BCUT2D eigenvalue weighted by molar-refractivity contribution is 6.76. The Morgan fingerprint density at radius 3 is 2.67 bits per heavy atom. The molecule has 0 fully saturated rings. The van der Waals surface area contributed by atoms with Gasteiger partial charge < -0.3 is 18.8 Å². The van der Waals surface area contributed by atoms with Gasteiger partial charge in [0.25, 0.3) is 0 Å². The van der Waals surface area contributed by atoms with E-state index in [2.05, 4.69) is 29.8 Å². The third-order valence-corrected chi connectivity index (χ3v) is 5.94. The number of benzene rings is 1. The second-order valence-corrected chi connectivity index (χ2v) is 13.3. The van der Waals surface area contributed by atoms with Gasteiger partial charge in [-0.1, -0.05) is 31.8 Å². The largest absolute Gasteiger partial charge is 0.467 e. The Hall–Kier alpha value is -2.22. The van der Waals surface area contributed by atoms with Gasteiger partial charge in [0.15, 0.2) is 12.4 Å². The van der Waals surface area contributed by atoms with Crippen molar-refractivity contribution >= 4 is 19.1 Å². The van der Waals surface area contributed by atoms with Crippen LogP contribution in [-0.4, -0.2) is 43.3 Å². The minimum atomic E-state index is -1.08. The van der Waals surface area contributed by atoms with Crippen molar-refractivity contribution in [1.29, 1.82) is 0 Å². The van der Waals surface area contributed by atoms with E-state index in [1.807, 2.05) is 47.2 Å². The summed E-state index contributed by atoms with van der Waals surface area (Å²) in [5.41, 5.74) is 2.48. The lowest BCUT2D eigenvalue weighted by Crippen LogP contribution is -2.22. The first-order valence-corrected chi connectivity index (χ1v) is 12.8. The number of hydrogen-bond acceptors (Lipinski definition) is 5. The van der Waals surface area contributed by atoms with Crippen molar-refractivity contribution in [1.82, 2.24) is 14.8 Å². The smallest absolute Gasteiger partial charge is 0.188 e. The van der Waals surface area contributed by atoms with Gasteiger partial charge in [-0.15, -0.1) is 10.2 Å². The topological polar surface area (TPSA) is 58.4 Å². The van der Waals surface area contributed by atoms with Crippen LogP contribution in [0.15, 0.2) is 42.6 Å². The summed E-state index contributed by atoms with van der Waals surface area (Å²) in [7, 11) is 0.524. The summed E-state index contributed by atoms with van der Waals surface area (Å²) in [6.07, 6.45) is 1.99. The molecular formula is C20H27N3O3Si. The van der Waals surface area contributed by atoms with Crippen LogP contribution < -0.4 is 4.74 Å². The molecule has 6 nitrogen and oxygen atoms in total. The van der Waals surface area contributed by atoms with Crippen molar-refractivity contribution in [2.75, 3.05) is 20.5 Å². The zero-order chi connectivity index (χ0) is 19.3. The molecule has 0 aliphatic carbocycles. The number of aromatic nitrogens is 3. The number of para-hydroxylation sites is 1. The maximum absolute atomic E-state index is 5.84. The first-order chi connectivity index (χ1) is 13.0. The molecule has 0 N–H and O–H groups in total. The zero-order valence-electron chi connectivity index (χ0n) is 16.4. The summed E-state index contributed by atoms with van der Waals surface area (Å²) in [5, 5.41) is 9.85. The molecule has 2 heterocycles. The molecule has 0 aliphatic rings. The molecule has 144 valence electrons. The molecule has 27 heavy (non-hydrogen) atoms. The number of fused-ring (bicyclic) bond motifs is 1. The van der Waals surface area contributed by atoms with Crippen LogP contribution in [0.3, 0.4) is 0 Å². The standard InChI is InChI=1S/C20H27N3O3Si/c1-24-15-26-19-8-6-5-7-17(19)18-13-16-9-10-23(20(16)22-21-18)14-25-11-12-27(2,3)4/h5-10,13H,11-12,14-15H2,1-4H3. The molecule has 0 saturated heterocycles. The number of nitrogens with zero attached hydrogens (tertiary/aromatic N) is 3. The van der Waals surface area contributed by atoms with Gasteiger partial charge in [-0.3, -0.25) is 0 Å². The Bertz CT molecular complexity index is 890. The quantitative estimate of drug-likeness (QED) is 0.310. The average Bonchev–Trinajstić information content (AvgIpc) is 3.05. The van der Waals surface area contributed by atoms with E-state index in [0.29, 0.717) is 6.73 Å². The van der Waals surface area contributed by atoms with Gasteiger partial charge in [0.2, 0.25) is 0 Å². The average molecular weight is 386 g/mol. The summed E-state index contributed by atoms with van der Waals surface area (Å²) in [6.45, 7) is 8.52. The monoisotopic (exact) mass is 385 g/mol. The minimum absolute atomic E-state index is 0.192. The highest BCUT2D eigenvalue weighted by atomic mass is 28.3. The van der Waals surface area contributed by atoms with Crippen LogP contribution in [0.4, 0.5) is 0 Å². The fraction of sp³-hybridized carbons (Fsp3) is 0.400. The normalized spacial score (nSPS) is 11.9. The van der Waals surface area contributed by atoms with Gasteiger partial charge in [0, 0.05) is 38.9 Å². The van der Waals surface area contributed by atoms with Crippen LogP contribution in [0.2, 0.25) is 25.7 Å². The molecule has 2 aromatic heterocycles. The van der Waals surface area contributed by atoms with E-state index in [4.69, 9.17) is 14.2 Å². The van der Waals surface area contributed by atoms with Crippen molar-refractivity contribution in [3.05, 3.63) is 42.6 Å². The number of rotatable bonds is 9. The second-order valence-electron chi connectivity index (χ2n) is 7.69. The van der Waals surface area contributed by atoms with Crippen molar-refractivity contribution in [3.8, 4) is 17.0 Å². The Balaban J connectivity index is 1.76. The van der Waals surface area contributed by atoms with E-state index >= 15 is 0 Å². The van der Waals surface area contributed by atoms with Gasteiger partial charge in [-0.2, -0.15) is 0 Å². The third kappa shape index (κ3) is 5.15. The van der Waals surface area contributed by atoms with Gasteiger partial charge in [0.05, 0.1) is 5.69 Å². The van der Waals surface area contributed by atoms with Crippen LogP contribution in [0, 0.1) is 0 Å². The summed E-state index contributed by atoms with van der Waals surface area (Å²) in [4.78, 5) is 0. The first kappa shape index (κ1) is 19.5. The van der Waals surface area contributed by atoms with E-state index in [0.717, 1.165) is 40.7 Å². The van der Waals surface area contributed by atoms with Gasteiger partial charge in [-0.25, -0.2) is 0 Å². The number of ether oxygens (including phenoxy) is 3. The molecular weight excluding hydrogens is 358 g/mol. The van der Waals surface area contributed by atoms with Crippen LogP contribution in [-0.2, 0) is 16.2 Å². The third-order valence-electron chi connectivity index (χ3n) is 4.23. The van der Waals surface area contributed by atoms with Gasteiger partial charge in [0.1, 0.15) is 12.5 Å². The SMILES string of the molecule is COCOc1ccccc1-c1cc2ccn(COCC[Si](C)(C)C)c2nn1. The minimum Gasteiger partial charge on any atom is -0.467 e. The molecule has 1 aromatic carbocycles. The van der Waals surface area contributed by atoms with E-state index in [-0.39, 0.29) is 6.79 Å². The van der Waals surface area contributed by atoms with Crippen LogP contribution in [0.1, 0.15) is 0 Å². The lowest BCUT2D eigenvalue weighted by molar-refractivity contribution is 0.0515. The molecule has 0 aliphatic heterocycles. The highest BCUT2D eigenvalue weighted by Gasteiger charge is 2.13. The van der Waals surface area contributed by atoms with E-state index < -0.39 is 8.07 Å². The lowest BCUT2D eigenvalue weighted by Gasteiger charge is -2.15. The lowest BCUT2D eigenvalue weighted by atomic mass is 10.1. The van der Waals surface area contributed by atoms with Crippen LogP contribution in [0.25, 0.3) is 22.3 Å². The molecule has 3 aromatic rings. The molecule has 3 rings (SSSR count). The Labute approximate surface area is 161 Å². The predicted molar refractivity (Wildman–Crippen MR) is 110 cm³/mol. The maximum atomic E-state index is 5.84. The Kier molecular flexibility index (Phi) is 6.25. The molecule has 0 radical (unpaired) electrons. The second kappa shape index (κ2) is 8.64. The molecule has 7 heteroatoms. The summed E-state index contributed by atoms with van der Waals surface area (Å²) < 4.78 is 18.5. The predicted octanol–water partition coefficient (Wildman–Crippen LogP) is 4.39. The molecule has 0 atom stereocenters. The van der Waals surface area contributed by atoms with Crippen molar-refractivity contribution in [3.63, 3.8) is 0 Å². The number of methoxy groups -OCH3 is 1. The summed E-state index contributed by atoms with van der Waals surface area (Å²) in [6, 6.07) is 13.0. The Morgan fingerprint density at radius 1 is 1.07 bits per heavy atom. The summed E-state index contributed by atoms with van der Waals surface area (Å²) in [5.74, 6) is 0.724. The van der Waals surface area contributed by atoms with Crippen LogP contribution in [0.5, 0.6) is 5.75 Å². The molecule has 0 spiro atoms. The first-order valence-electron chi connectivity index (χ1n) is 9.09. The fourth-order valence-corrected chi connectivity index (χ4v) is 3.45. The van der Waals surface area contributed by atoms with E-state index in [1.54, 1.807) is 7.11 Å². The maximum Gasteiger partial charge on any atom is 0.188 e. The van der Waals surface area contributed by atoms with Crippen molar-refractivity contribution < 1.29 is 14.2 Å². The molecule has 0 unspecified atom stereocenters. The zero-order valence-corrected chi connectivity index (χ0v) is 17.4. The molecule has 0 bridgehead atoms. The van der Waals surface area contributed by atoms with Crippen LogP contribution >= 0.6 is 0 Å².